The molecule has 1 N–H and O–H groups in total. The smallest absolute Gasteiger partial charge is 0.124 e. The normalized spacial score (nSPS) is 18.3. The van der Waals surface area contributed by atoms with Gasteiger partial charge in [0.1, 0.15) is 6.10 Å². The quantitative estimate of drug-likeness (QED) is 0.901. The van der Waals surface area contributed by atoms with Gasteiger partial charge in [-0.15, -0.1) is 0 Å². The molecule has 1 aliphatic heterocycles. The molecule has 0 saturated heterocycles. The zero-order valence-corrected chi connectivity index (χ0v) is 10.9. The van der Waals surface area contributed by atoms with Crippen LogP contribution in [0.1, 0.15) is 28.7 Å². The summed E-state index contributed by atoms with van der Waals surface area (Å²) in [5.41, 5.74) is 4.02. The lowest BCUT2D eigenvalue weighted by molar-refractivity contribution is 0.000438. The van der Waals surface area contributed by atoms with Crippen molar-refractivity contribution in [1.82, 2.24) is 14.8 Å². The molecule has 0 bridgehead atoms. The summed E-state index contributed by atoms with van der Waals surface area (Å²) < 4.78 is 7.37. The van der Waals surface area contributed by atoms with Crippen molar-refractivity contribution in [3.8, 4) is 0 Å². The zero-order chi connectivity index (χ0) is 13.2. The number of aliphatic hydroxyl groups excluding tert-OH is 1. The number of aliphatic hydroxyl groups is 1. The van der Waals surface area contributed by atoms with Crippen LogP contribution in [0.4, 0.5) is 0 Å². The minimum atomic E-state index is -0.282. The van der Waals surface area contributed by atoms with Crippen LogP contribution in [0.5, 0.6) is 0 Å². The Bertz CT molecular complexity index is 580. The molecule has 1 aliphatic rings. The van der Waals surface area contributed by atoms with E-state index in [4.69, 9.17) is 4.74 Å². The van der Waals surface area contributed by atoms with E-state index in [1.807, 2.05) is 36.0 Å². The van der Waals surface area contributed by atoms with Gasteiger partial charge in [-0.05, 0) is 31.0 Å². The lowest BCUT2D eigenvalue weighted by Crippen LogP contribution is -2.18. The first-order valence-corrected chi connectivity index (χ1v) is 6.47. The Balaban J connectivity index is 1.85. The number of rotatable bonds is 3. The van der Waals surface area contributed by atoms with Gasteiger partial charge in [0.05, 0.1) is 31.1 Å². The minimum absolute atomic E-state index is 0.0211. The number of aromatic nitrogens is 3. The van der Waals surface area contributed by atoms with Gasteiger partial charge in [-0.1, -0.05) is 6.07 Å². The molecule has 0 spiro atoms. The molecule has 1 atom stereocenters. The third kappa shape index (κ3) is 2.52. The molecule has 100 valence electrons. The first-order chi connectivity index (χ1) is 9.26. The molecule has 0 fully saturated rings. The van der Waals surface area contributed by atoms with Gasteiger partial charge in [-0.25, -0.2) is 0 Å². The second kappa shape index (κ2) is 5.11. The summed E-state index contributed by atoms with van der Waals surface area (Å²) in [6, 6.07) is 5.97. The summed E-state index contributed by atoms with van der Waals surface area (Å²) in [5.74, 6) is 0. The zero-order valence-electron chi connectivity index (χ0n) is 10.9. The van der Waals surface area contributed by atoms with E-state index in [9.17, 15) is 5.11 Å². The van der Waals surface area contributed by atoms with Crippen LogP contribution in [0.25, 0.3) is 0 Å². The minimum Gasteiger partial charge on any atom is -0.393 e. The van der Waals surface area contributed by atoms with Crippen molar-refractivity contribution < 1.29 is 9.84 Å². The summed E-state index contributed by atoms with van der Waals surface area (Å²) in [6.45, 7) is 3.25. The molecule has 0 saturated carbocycles. The average Bonchev–Trinajstić information content (AvgIpc) is 2.80. The molecule has 2 aromatic heterocycles. The second-order valence-electron chi connectivity index (χ2n) is 4.80. The van der Waals surface area contributed by atoms with Crippen molar-refractivity contribution in [2.45, 2.75) is 26.0 Å². The largest absolute Gasteiger partial charge is 0.393 e. The van der Waals surface area contributed by atoms with Gasteiger partial charge >= 0.3 is 0 Å². The molecule has 0 aliphatic carbocycles. The third-order valence-electron chi connectivity index (χ3n) is 3.30. The van der Waals surface area contributed by atoms with E-state index in [-0.39, 0.29) is 12.7 Å². The maximum Gasteiger partial charge on any atom is 0.124 e. The molecule has 19 heavy (non-hydrogen) atoms. The molecule has 3 rings (SSSR count). The number of pyridine rings is 1. The highest BCUT2D eigenvalue weighted by Gasteiger charge is 2.23. The van der Waals surface area contributed by atoms with E-state index >= 15 is 0 Å². The van der Waals surface area contributed by atoms with E-state index in [0.717, 1.165) is 29.1 Å². The number of hydrogen-bond donors (Lipinski definition) is 1. The Morgan fingerprint density at radius 1 is 1.47 bits per heavy atom. The second-order valence-corrected chi connectivity index (χ2v) is 4.80. The maximum atomic E-state index is 9.29. The standard InChI is InChI=1S/C14H17N3O2/c1-10-3-2-4-12(15-10)8-17-7-11-5-6-19-13(9-18)14(11)16-17/h2-4,7,13,18H,5-6,8-9H2,1H3/t13-/m0/s1. The molecular weight excluding hydrogens is 242 g/mol. The Morgan fingerprint density at radius 3 is 3.16 bits per heavy atom. The van der Waals surface area contributed by atoms with Crippen LogP contribution in [0.3, 0.4) is 0 Å². The number of fused-ring (bicyclic) bond motifs is 1. The fourth-order valence-electron chi connectivity index (χ4n) is 2.41. The van der Waals surface area contributed by atoms with Gasteiger partial charge in [0.15, 0.2) is 0 Å². The van der Waals surface area contributed by atoms with E-state index in [1.54, 1.807) is 0 Å². The van der Waals surface area contributed by atoms with E-state index in [2.05, 4.69) is 10.1 Å². The molecule has 0 amide bonds. The number of ether oxygens (including phenoxy) is 1. The highest BCUT2D eigenvalue weighted by atomic mass is 16.5. The van der Waals surface area contributed by atoms with Crippen molar-refractivity contribution in [3.63, 3.8) is 0 Å². The molecule has 0 radical (unpaired) electrons. The Morgan fingerprint density at radius 2 is 2.37 bits per heavy atom. The van der Waals surface area contributed by atoms with Crippen molar-refractivity contribution >= 4 is 0 Å². The number of hydrogen-bond acceptors (Lipinski definition) is 4. The highest BCUT2D eigenvalue weighted by molar-refractivity contribution is 5.22. The van der Waals surface area contributed by atoms with Crippen LogP contribution in [0.15, 0.2) is 24.4 Å². The van der Waals surface area contributed by atoms with E-state index in [1.165, 1.54) is 0 Å². The molecular formula is C14H17N3O2. The number of nitrogens with zero attached hydrogens (tertiary/aromatic N) is 3. The van der Waals surface area contributed by atoms with Crippen molar-refractivity contribution in [2.24, 2.45) is 0 Å². The fourth-order valence-corrected chi connectivity index (χ4v) is 2.41. The van der Waals surface area contributed by atoms with Crippen molar-refractivity contribution in [1.29, 1.82) is 0 Å². The predicted octanol–water partition coefficient (Wildman–Crippen LogP) is 1.24. The van der Waals surface area contributed by atoms with Gasteiger partial charge in [0.2, 0.25) is 0 Å². The van der Waals surface area contributed by atoms with Gasteiger partial charge in [0.25, 0.3) is 0 Å². The highest BCUT2D eigenvalue weighted by Crippen LogP contribution is 2.25. The van der Waals surface area contributed by atoms with E-state index < -0.39 is 0 Å². The van der Waals surface area contributed by atoms with Crippen LogP contribution < -0.4 is 0 Å². The summed E-state index contributed by atoms with van der Waals surface area (Å²) in [6.07, 6.45) is 2.60. The maximum absolute atomic E-state index is 9.29. The molecule has 5 nitrogen and oxygen atoms in total. The van der Waals surface area contributed by atoms with Crippen LogP contribution in [-0.2, 0) is 17.7 Å². The lowest BCUT2D eigenvalue weighted by Gasteiger charge is -2.19. The first kappa shape index (κ1) is 12.3. The summed E-state index contributed by atoms with van der Waals surface area (Å²) in [7, 11) is 0. The molecule has 0 aromatic carbocycles. The number of aryl methyl sites for hydroxylation is 1. The van der Waals surface area contributed by atoms with E-state index in [0.29, 0.717) is 13.2 Å². The van der Waals surface area contributed by atoms with Crippen LogP contribution in [-0.4, -0.2) is 33.1 Å². The summed E-state index contributed by atoms with van der Waals surface area (Å²) in [4.78, 5) is 4.47. The predicted molar refractivity (Wildman–Crippen MR) is 69.8 cm³/mol. The average molecular weight is 259 g/mol. The molecule has 2 aromatic rings. The Hall–Kier alpha value is -1.72. The molecule has 3 heterocycles. The van der Waals surface area contributed by atoms with Crippen LogP contribution in [0, 0.1) is 6.92 Å². The topological polar surface area (TPSA) is 60.2 Å². The van der Waals surface area contributed by atoms with Gasteiger partial charge in [-0.2, -0.15) is 5.10 Å². The lowest BCUT2D eigenvalue weighted by atomic mass is 10.1. The third-order valence-corrected chi connectivity index (χ3v) is 3.30. The van der Waals surface area contributed by atoms with Gasteiger partial charge in [-0.3, -0.25) is 9.67 Å². The SMILES string of the molecule is Cc1cccc(Cn2cc3c(n2)[C@H](CO)OCC3)n1. The Kier molecular flexibility index (Phi) is 3.31. The van der Waals surface area contributed by atoms with Crippen LogP contribution >= 0.6 is 0 Å². The summed E-state index contributed by atoms with van der Waals surface area (Å²) >= 11 is 0. The molecule has 5 heteroatoms. The van der Waals surface area contributed by atoms with Crippen molar-refractivity contribution in [2.75, 3.05) is 13.2 Å². The van der Waals surface area contributed by atoms with Gasteiger partial charge < -0.3 is 9.84 Å². The fraction of sp³-hybridized carbons (Fsp3) is 0.429. The van der Waals surface area contributed by atoms with Crippen molar-refractivity contribution in [3.05, 3.63) is 47.0 Å². The van der Waals surface area contributed by atoms with Gasteiger partial charge in [0, 0.05) is 11.9 Å². The molecule has 0 unspecified atom stereocenters. The monoisotopic (exact) mass is 259 g/mol. The Labute approximate surface area is 111 Å². The first-order valence-electron chi connectivity index (χ1n) is 6.47. The van der Waals surface area contributed by atoms with Crippen LogP contribution in [0.2, 0.25) is 0 Å². The summed E-state index contributed by atoms with van der Waals surface area (Å²) in [5, 5.41) is 13.8.